The van der Waals surface area contributed by atoms with Crippen LogP contribution < -0.4 is 5.32 Å². The molecule has 5 rings (SSSR count). The molecule has 0 aliphatic carbocycles. The largest absolute Gasteiger partial charge is 0.339 e. The number of nitrogens with one attached hydrogen (secondary N) is 1. The molecule has 170 valence electrons. The molecule has 2 fully saturated rings. The van der Waals surface area contributed by atoms with Crippen LogP contribution in [-0.4, -0.2) is 58.1 Å². The summed E-state index contributed by atoms with van der Waals surface area (Å²) in [5.74, 6) is 1.03. The highest BCUT2D eigenvalue weighted by Gasteiger charge is 2.58. The Morgan fingerprint density at radius 1 is 1.03 bits per heavy atom. The van der Waals surface area contributed by atoms with Crippen LogP contribution in [0, 0.1) is 26.7 Å². The maximum Gasteiger partial charge on any atom is 0.321 e. The summed E-state index contributed by atoms with van der Waals surface area (Å²) in [6, 6.07) is 15.1. The second kappa shape index (κ2) is 8.03. The molecule has 2 saturated heterocycles. The molecular formula is C25H27N5O3. The molecular weight excluding hydrogens is 418 g/mol. The van der Waals surface area contributed by atoms with Crippen molar-refractivity contribution >= 4 is 17.6 Å². The zero-order valence-electron chi connectivity index (χ0n) is 19.0. The van der Waals surface area contributed by atoms with Gasteiger partial charge < -0.3 is 19.6 Å². The maximum atomic E-state index is 13.2. The Morgan fingerprint density at radius 3 is 2.48 bits per heavy atom. The van der Waals surface area contributed by atoms with E-state index in [4.69, 9.17) is 4.52 Å². The summed E-state index contributed by atoms with van der Waals surface area (Å²) in [7, 11) is 0. The van der Waals surface area contributed by atoms with E-state index < -0.39 is 5.41 Å². The van der Waals surface area contributed by atoms with Crippen molar-refractivity contribution in [3.63, 3.8) is 0 Å². The second-order valence-electron chi connectivity index (χ2n) is 9.18. The van der Waals surface area contributed by atoms with Crippen LogP contribution in [0.2, 0.25) is 0 Å². The lowest BCUT2D eigenvalue weighted by Crippen LogP contribution is -2.42. The molecule has 2 unspecified atom stereocenters. The number of likely N-dealkylation sites (tertiary alicyclic amines) is 2. The molecule has 0 bridgehead atoms. The molecule has 2 atom stereocenters. The van der Waals surface area contributed by atoms with Crippen molar-refractivity contribution in [1.29, 1.82) is 0 Å². The first-order valence-electron chi connectivity index (χ1n) is 11.1. The third-order valence-corrected chi connectivity index (χ3v) is 6.79. The van der Waals surface area contributed by atoms with Crippen molar-refractivity contribution in [2.24, 2.45) is 5.92 Å². The molecule has 3 amide bonds. The lowest BCUT2D eigenvalue weighted by molar-refractivity contribution is 0.0770. The van der Waals surface area contributed by atoms with Crippen molar-refractivity contribution in [2.45, 2.75) is 26.2 Å². The number of carbonyl (C=O) groups is 2. The van der Waals surface area contributed by atoms with Gasteiger partial charge in [-0.1, -0.05) is 35.5 Å². The minimum absolute atomic E-state index is 0.00867. The summed E-state index contributed by atoms with van der Waals surface area (Å²) in [4.78, 5) is 34.5. The van der Waals surface area contributed by atoms with Crippen LogP contribution >= 0.6 is 0 Å². The highest BCUT2D eigenvalue weighted by molar-refractivity contribution is 5.95. The van der Waals surface area contributed by atoms with E-state index in [2.05, 4.69) is 15.5 Å². The molecule has 8 heteroatoms. The van der Waals surface area contributed by atoms with Crippen LogP contribution in [-0.2, 0) is 5.41 Å². The average molecular weight is 446 g/mol. The van der Waals surface area contributed by atoms with Crippen molar-refractivity contribution in [3.8, 4) is 0 Å². The molecule has 33 heavy (non-hydrogen) atoms. The number of nitrogens with zero attached hydrogens (tertiary/aromatic N) is 4. The van der Waals surface area contributed by atoms with Gasteiger partial charge >= 0.3 is 6.03 Å². The molecule has 0 spiro atoms. The zero-order valence-corrected chi connectivity index (χ0v) is 19.0. The van der Waals surface area contributed by atoms with Crippen LogP contribution in [0.3, 0.4) is 0 Å². The number of fused-ring (bicyclic) bond motifs is 1. The number of urea groups is 1. The minimum atomic E-state index is -0.579. The van der Waals surface area contributed by atoms with Gasteiger partial charge in [0.25, 0.3) is 5.91 Å². The van der Waals surface area contributed by atoms with E-state index in [1.54, 1.807) is 11.8 Å². The van der Waals surface area contributed by atoms with Crippen LogP contribution in [0.5, 0.6) is 0 Å². The number of hydrogen-bond acceptors (Lipinski definition) is 5. The molecule has 0 radical (unpaired) electrons. The average Bonchev–Trinajstić information content (AvgIpc) is 3.49. The molecule has 2 aromatic carbocycles. The van der Waals surface area contributed by atoms with Crippen LogP contribution in [0.4, 0.5) is 10.5 Å². The lowest BCUT2D eigenvalue weighted by Gasteiger charge is -2.26. The summed E-state index contributed by atoms with van der Waals surface area (Å²) in [6.07, 6.45) is 0. The Kier molecular flexibility index (Phi) is 5.15. The number of aryl methyl sites for hydroxylation is 3. The molecule has 3 aromatic rings. The van der Waals surface area contributed by atoms with Crippen LogP contribution in [0.1, 0.15) is 33.2 Å². The van der Waals surface area contributed by atoms with E-state index in [0.717, 1.165) is 16.8 Å². The fourth-order valence-electron chi connectivity index (χ4n) is 5.00. The van der Waals surface area contributed by atoms with Gasteiger partial charge in [-0.2, -0.15) is 4.98 Å². The number of hydrogen-bond donors (Lipinski definition) is 1. The zero-order chi connectivity index (χ0) is 23.2. The van der Waals surface area contributed by atoms with Gasteiger partial charge in [-0.15, -0.1) is 0 Å². The first kappa shape index (κ1) is 21.2. The Balaban J connectivity index is 1.40. The molecule has 1 aromatic heterocycles. The third kappa shape index (κ3) is 3.75. The summed E-state index contributed by atoms with van der Waals surface area (Å²) in [5, 5.41) is 7.05. The van der Waals surface area contributed by atoms with E-state index >= 15 is 0 Å². The van der Waals surface area contributed by atoms with E-state index in [-0.39, 0.29) is 17.9 Å². The number of anilines is 1. The van der Waals surface area contributed by atoms with Gasteiger partial charge in [-0.25, -0.2) is 4.79 Å². The highest BCUT2D eigenvalue weighted by atomic mass is 16.5. The number of amides is 3. The number of rotatable bonds is 3. The SMILES string of the molecule is Cc1ccc(C)c(NC(=O)N2CC3CN(C(=O)c4ccccc4)CC3(c3nc(C)no3)C2)c1. The van der Waals surface area contributed by atoms with Crippen molar-refractivity contribution in [2.75, 3.05) is 31.5 Å². The minimum Gasteiger partial charge on any atom is -0.339 e. The first-order valence-corrected chi connectivity index (χ1v) is 11.1. The van der Waals surface area contributed by atoms with E-state index in [9.17, 15) is 9.59 Å². The first-order chi connectivity index (χ1) is 15.9. The van der Waals surface area contributed by atoms with E-state index in [0.29, 0.717) is 43.5 Å². The number of benzene rings is 2. The van der Waals surface area contributed by atoms with Gasteiger partial charge in [-0.05, 0) is 50.1 Å². The quantitative estimate of drug-likeness (QED) is 0.666. The van der Waals surface area contributed by atoms with E-state index in [1.165, 1.54) is 0 Å². The van der Waals surface area contributed by atoms with E-state index in [1.807, 2.05) is 67.3 Å². The predicted molar refractivity (Wildman–Crippen MR) is 123 cm³/mol. The molecule has 3 heterocycles. The lowest BCUT2D eigenvalue weighted by atomic mass is 9.81. The number of aromatic nitrogens is 2. The molecule has 0 saturated carbocycles. The van der Waals surface area contributed by atoms with Crippen LogP contribution in [0.25, 0.3) is 0 Å². The maximum absolute atomic E-state index is 13.2. The van der Waals surface area contributed by atoms with Crippen molar-refractivity contribution in [3.05, 3.63) is 76.9 Å². The molecule has 2 aliphatic heterocycles. The van der Waals surface area contributed by atoms with Gasteiger partial charge in [0.15, 0.2) is 5.82 Å². The van der Waals surface area contributed by atoms with Gasteiger partial charge in [0.2, 0.25) is 5.89 Å². The number of carbonyl (C=O) groups excluding carboxylic acids is 2. The van der Waals surface area contributed by atoms with Crippen molar-refractivity contribution < 1.29 is 14.1 Å². The Bertz CT molecular complexity index is 1210. The molecule has 8 nitrogen and oxygen atoms in total. The van der Waals surface area contributed by atoms with Crippen LogP contribution in [0.15, 0.2) is 53.1 Å². The smallest absolute Gasteiger partial charge is 0.321 e. The normalized spacial score (nSPS) is 21.8. The molecule has 1 N–H and O–H groups in total. The summed E-state index contributed by atoms with van der Waals surface area (Å²) in [6.45, 7) is 7.64. The predicted octanol–water partition coefficient (Wildman–Crippen LogP) is 3.55. The Hall–Kier alpha value is -3.68. The van der Waals surface area contributed by atoms with Crippen molar-refractivity contribution in [1.82, 2.24) is 19.9 Å². The second-order valence-corrected chi connectivity index (χ2v) is 9.18. The van der Waals surface area contributed by atoms with Gasteiger partial charge in [-0.3, -0.25) is 4.79 Å². The summed E-state index contributed by atoms with van der Waals surface area (Å²) in [5.41, 5.74) is 2.97. The Morgan fingerprint density at radius 2 is 1.76 bits per heavy atom. The monoisotopic (exact) mass is 445 g/mol. The standard InChI is InChI=1S/C25H27N5O3/c1-16-9-10-17(2)21(11-16)27-24(32)30-13-20-12-29(22(31)19-7-5-4-6-8-19)14-25(20,15-30)23-26-18(3)28-33-23/h4-11,20H,12-15H2,1-3H3,(H,27,32). The summed E-state index contributed by atoms with van der Waals surface area (Å²) < 4.78 is 5.61. The van der Waals surface area contributed by atoms with Gasteiger partial charge in [0, 0.05) is 43.3 Å². The van der Waals surface area contributed by atoms with Gasteiger partial charge in [0.1, 0.15) is 0 Å². The third-order valence-electron chi connectivity index (χ3n) is 6.79. The Labute approximate surface area is 192 Å². The highest BCUT2D eigenvalue weighted by Crippen LogP contribution is 2.45. The summed E-state index contributed by atoms with van der Waals surface area (Å²) >= 11 is 0. The molecule has 2 aliphatic rings. The topological polar surface area (TPSA) is 91.6 Å². The fourth-order valence-corrected chi connectivity index (χ4v) is 5.00. The van der Waals surface area contributed by atoms with Gasteiger partial charge in [0.05, 0.1) is 5.41 Å². The fraction of sp³-hybridized carbons (Fsp3) is 0.360.